The lowest BCUT2D eigenvalue weighted by Crippen LogP contribution is -2.56. The minimum atomic E-state index is -0.887. The third-order valence-electron chi connectivity index (χ3n) is 5.79. The Kier molecular flexibility index (Phi) is 7.81. The lowest BCUT2D eigenvalue weighted by Gasteiger charge is -2.36. The van der Waals surface area contributed by atoms with E-state index in [1.807, 2.05) is 30.3 Å². The minimum Gasteiger partial charge on any atom is -0.459 e. The molecule has 10 heteroatoms. The van der Waals surface area contributed by atoms with Gasteiger partial charge in [0, 0.05) is 17.0 Å². The number of nitrogens with zero attached hydrogens (tertiary/aromatic N) is 4. The normalized spacial score (nSPS) is 25.2. The molecule has 2 fully saturated rings. The van der Waals surface area contributed by atoms with Crippen LogP contribution in [0.4, 0.5) is 4.79 Å². The molecular weight excluding hydrogens is 426 g/mol. The Hall–Kier alpha value is -3.26. The van der Waals surface area contributed by atoms with Gasteiger partial charge in [-0.25, -0.2) is 9.59 Å². The van der Waals surface area contributed by atoms with Crippen molar-refractivity contribution in [1.82, 2.24) is 10.2 Å². The molecule has 1 N–H and O–H groups in total. The monoisotopic (exact) mass is 457 g/mol. The van der Waals surface area contributed by atoms with Gasteiger partial charge in [0.1, 0.15) is 24.3 Å². The molecule has 2 heterocycles. The molecule has 0 aliphatic carbocycles. The molecule has 2 saturated heterocycles. The van der Waals surface area contributed by atoms with Crippen molar-refractivity contribution in [2.45, 2.75) is 89.3 Å². The summed E-state index contributed by atoms with van der Waals surface area (Å²) in [6.45, 7) is 5.32. The molecule has 0 aromatic heterocycles. The highest BCUT2D eigenvalue weighted by molar-refractivity contribution is 5.90. The highest BCUT2D eigenvalue weighted by atomic mass is 16.6. The fourth-order valence-electron chi connectivity index (χ4n) is 4.36. The van der Waals surface area contributed by atoms with Gasteiger partial charge in [-0.05, 0) is 64.0 Å². The number of alkyl carbamates (subject to hydrolysis) is 1. The zero-order valence-corrected chi connectivity index (χ0v) is 19.3. The summed E-state index contributed by atoms with van der Waals surface area (Å²) in [4.78, 5) is 43.2. The first-order valence-electron chi connectivity index (χ1n) is 11.2. The van der Waals surface area contributed by atoms with Gasteiger partial charge in [-0.1, -0.05) is 35.4 Å². The van der Waals surface area contributed by atoms with E-state index in [1.54, 1.807) is 20.8 Å². The quantitative estimate of drug-likeness (QED) is 0.310. The van der Waals surface area contributed by atoms with Crippen molar-refractivity contribution in [2.24, 2.45) is 5.11 Å². The summed E-state index contributed by atoms with van der Waals surface area (Å²) < 4.78 is 10.8. The topological polar surface area (TPSA) is 134 Å². The fourth-order valence-corrected chi connectivity index (χ4v) is 4.36. The van der Waals surface area contributed by atoms with Crippen molar-refractivity contribution < 1.29 is 23.9 Å². The van der Waals surface area contributed by atoms with Crippen molar-refractivity contribution in [3.63, 3.8) is 0 Å². The number of fused-ring (bicyclic) bond motifs is 1. The predicted molar refractivity (Wildman–Crippen MR) is 120 cm³/mol. The van der Waals surface area contributed by atoms with E-state index in [0.717, 1.165) is 5.56 Å². The molecule has 2 amide bonds. The van der Waals surface area contributed by atoms with E-state index in [9.17, 15) is 14.4 Å². The van der Waals surface area contributed by atoms with Crippen LogP contribution in [0.1, 0.15) is 58.4 Å². The van der Waals surface area contributed by atoms with E-state index in [0.29, 0.717) is 25.7 Å². The average molecular weight is 458 g/mol. The molecule has 2 aliphatic heterocycles. The molecule has 2 aliphatic rings. The van der Waals surface area contributed by atoms with E-state index in [1.165, 1.54) is 4.90 Å². The lowest BCUT2D eigenvalue weighted by molar-refractivity contribution is -0.156. The number of hydrogen-bond acceptors (Lipinski definition) is 6. The van der Waals surface area contributed by atoms with Crippen molar-refractivity contribution >= 4 is 18.0 Å². The van der Waals surface area contributed by atoms with Crippen LogP contribution in [-0.2, 0) is 25.7 Å². The number of benzene rings is 1. The SMILES string of the molecule is CC(C)(C)OC(=O)N[C@H]1CCC(N=[N+]=[N-])C[C@H]2CC[C@@H](C(=O)OCc3ccccc3)N2C1=O. The standard InChI is InChI=1S/C23H31N5O5/c1-23(2,3)33-22(31)25-18-11-9-16(26-27-24)13-17-10-12-19(28(17)20(18)29)21(30)32-14-15-7-5-4-6-8-15/h4-8,16-19H,9-14H2,1-3H3,(H,25,31)/t16?,17-,18+,19+/m1/s1. The second kappa shape index (κ2) is 10.6. The molecule has 178 valence electrons. The smallest absolute Gasteiger partial charge is 0.408 e. The summed E-state index contributed by atoms with van der Waals surface area (Å²) in [6.07, 6.45) is 1.53. The maximum atomic E-state index is 13.5. The number of azide groups is 1. The molecular formula is C23H31N5O5. The van der Waals surface area contributed by atoms with Crippen LogP contribution in [0.5, 0.6) is 0 Å². The molecule has 1 unspecified atom stereocenters. The first kappa shape index (κ1) is 24.4. The van der Waals surface area contributed by atoms with Crippen LogP contribution in [0.3, 0.4) is 0 Å². The number of carbonyl (C=O) groups excluding carboxylic acids is 3. The van der Waals surface area contributed by atoms with Gasteiger partial charge in [0.2, 0.25) is 5.91 Å². The second-order valence-corrected chi connectivity index (χ2v) is 9.46. The lowest BCUT2D eigenvalue weighted by atomic mass is 9.95. The van der Waals surface area contributed by atoms with Gasteiger partial charge in [0.15, 0.2) is 0 Å². The van der Waals surface area contributed by atoms with E-state index < -0.39 is 29.7 Å². The van der Waals surface area contributed by atoms with Gasteiger partial charge in [-0.15, -0.1) is 0 Å². The molecule has 1 aromatic rings. The highest BCUT2D eigenvalue weighted by Crippen LogP contribution is 2.33. The fraction of sp³-hybridized carbons (Fsp3) is 0.609. The maximum Gasteiger partial charge on any atom is 0.408 e. The van der Waals surface area contributed by atoms with Crippen molar-refractivity contribution in [3.8, 4) is 0 Å². The van der Waals surface area contributed by atoms with E-state index in [4.69, 9.17) is 15.0 Å². The van der Waals surface area contributed by atoms with Gasteiger partial charge >= 0.3 is 12.1 Å². The Morgan fingerprint density at radius 2 is 1.91 bits per heavy atom. The maximum absolute atomic E-state index is 13.5. The van der Waals surface area contributed by atoms with Crippen LogP contribution in [-0.4, -0.2) is 52.6 Å². The van der Waals surface area contributed by atoms with Gasteiger partial charge < -0.3 is 19.7 Å². The number of nitrogens with one attached hydrogen (secondary N) is 1. The first-order valence-corrected chi connectivity index (χ1v) is 11.2. The van der Waals surface area contributed by atoms with Crippen LogP contribution in [0.15, 0.2) is 35.4 Å². The predicted octanol–water partition coefficient (Wildman–Crippen LogP) is 3.85. The molecule has 33 heavy (non-hydrogen) atoms. The average Bonchev–Trinajstić information content (AvgIpc) is 3.16. The van der Waals surface area contributed by atoms with E-state index in [-0.39, 0.29) is 31.0 Å². The molecule has 10 nitrogen and oxygen atoms in total. The summed E-state index contributed by atoms with van der Waals surface area (Å²) in [6, 6.07) is 7.07. The van der Waals surface area contributed by atoms with E-state index >= 15 is 0 Å². The summed E-state index contributed by atoms with van der Waals surface area (Å²) in [7, 11) is 0. The molecule has 0 bridgehead atoms. The molecule has 0 radical (unpaired) electrons. The Morgan fingerprint density at radius 3 is 2.58 bits per heavy atom. The summed E-state index contributed by atoms with van der Waals surface area (Å²) in [5.74, 6) is -0.823. The van der Waals surface area contributed by atoms with Gasteiger partial charge in [0.25, 0.3) is 0 Å². The second-order valence-electron chi connectivity index (χ2n) is 9.46. The molecule has 1 aromatic carbocycles. The third-order valence-corrected chi connectivity index (χ3v) is 5.79. The Labute approximate surface area is 193 Å². The Morgan fingerprint density at radius 1 is 1.18 bits per heavy atom. The molecule has 0 spiro atoms. The number of rotatable bonds is 5. The first-order chi connectivity index (χ1) is 15.7. The number of carbonyl (C=O) groups is 3. The summed E-state index contributed by atoms with van der Waals surface area (Å²) >= 11 is 0. The number of esters is 1. The zero-order chi connectivity index (χ0) is 24.0. The number of hydrogen-bond donors (Lipinski definition) is 1. The van der Waals surface area contributed by atoms with Crippen molar-refractivity contribution in [1.29, 1.82) is 0 Å². The van der Waals surface area contributed by atoms with Crippen LogP contribution >= 0.6 is 0 Å². The van der Waals surface area contributed by atoms with Crippen LogP contribution in [0.2, 0.25) is 0 Å². The largest absolute Gasteiger partial charge is 0.459 e. The Balaban J connectivity index is 1.77. The van der Waals surface area contributed by atoms with Crippen molar-refractivity contribution in [3.05, 3.63) is 46.3 Å². The summed E-state index contributed by atoms with van der Waals surface area (Å²) in [5.41, 5.74) is 9.08. The highest BCUT2D eigenvalue weighted by Gasteiger charge is 2.46. The minimum absolute atomic E-state index is 0.115. The zero-order valence-electron chi connectivity index (χ0n) is 19.3. The number of amides is 2. The van der Waals surface area contributed by atoms with Crippen LogP contribution < -0.4 is 5.32 Å². The van der Waals surface area contributed by atoms with Gasteiger partial charge in [-0.3, -0.25) is 4.79 Å². The van der Waals surface area contributed by atoms with Crippen molar-refractivity contribution in [2.75, 3.05) is 0 Å². The van der Waals surface area contributed by atoms with Gasteiger partial charge in [0.05, 0.1) is 0 Å². The van der Waals surface area contributed by atoms with E-state index in [2.05, 4.69) is 15.3 Å². The summed E-state index contributed by atoms with van der Waals surface area (Å²) in [5, 5.41) is 6.52. The van der Waals surface area contributed by atoms with Gasteiger partial charge in [-0.2, -0.15) is 0 Å². The van der Waals surface area contributed by atoms with Crippen LogP contribution in [0.25, 0.3) is 10.4 Å². The van der Waals surface area contributed by atoms with Crippen LogP contribution in [0, 0.1) is 0 Å². The molecule has 4 atom stereocenters. The Bertz CT molecular complexity index is 910. The number of ether oxygens (including phenoxy) is 2. The molecule has 0 saturated carbocycles. The molecule has 3 rings (SSSR count). The third kappa shape index (κ3) is 6.61.